The normalized spacial score (nSPS) is 14.8. The van der Waals surface area contributed by atoms with Crippen molar-refractivity contribution in [2.24, 2.45) is 0 Å². The Bertz CT molecular complexity index is 324. The molecule has 1 heterocycles. The molecule has 2 rings (SSSR count). The van der Waals surface area contributed by atoms with Crippen LogP contribution in [0.15, 0.2) is 24.3 Å². The highest BCUT2D eigenvalue weighted by molar-refractivity contribution is 5.96. The highest BCUT2D eigenvalue weighted by Gasteiger charge is 2.16. The number of hydrazine groups is 1. The summed E-state index contributed by atoms with van der Waals surface area (Å²) in [5.41, 5.74) is 4.67. The smallest absolute Gasteiger partial charge is 0.304 e. The maximum atomic E-state index is 11.1. The van der Waals surface area contributed by atoms with Gasteiger partial charge >= 0.3 is 6.03 Å². The number of nitrogens with zero attached hydrogens (tertiary/aromatic N) is 1. The first-order valence-electron chi connectivity index (χ1n) is 3.68. The van der Waals surface area contributed by atoms with Gasteiger partial charge in [-0.1, -0.05) is 12.1 Å². The number of carbonyl (C=O) groups is 1. The standard InChI is InChI=1S/C8H9N3O/c1-11-8(12)9-6-4-2-3-5-7(6)10-11/h2-5,10H,1H3,(H,9,12). The number of rotatable bonds is 0. The predicted molar refractivity (Wildman–Crippen MR) is 46.8 cm³/mol. The second-order valence-corrected chi connectivity index (χ2v) is 2.65. The van der Waals surface area contributed by atoms with E-state index in [2.05, 4.69) is 10.7 Å². The minimum Gasteiger partial charge on any atom is -0.304 e. The molecule has 0 saturated heterocycles. The topological polar surface area (TPSA) is 44.4 Å². The van der Waals surface area contributed by atoms with Gasteiger partial charge in [0.1, 0.15) is 0 Å². The van der Waals surface area contributed by atoms with Gasteiger partial charge < -0.3 is 5.32 Å². The number of para-hydroxylation sites is 2. The molecule has 0 radical (unpaired) electrons. The molecule has 1 aliphatic rings. The van der Waals surface area contributed by atoms with E-state index in [-0.39, 0.29) is 6.03 Å². The molecule has 0 aromatic heterocycles. The van der Waals surface area contributed by atoms with Crippen LogP contribution in [-0.4, -0.2) is 18.1 Å². The Morgan fingerprint density at radius 3 is 2.67 bits per heavy atom. The molecule has 0 aliphatic carbocycles. The molecule has 12 heavy (non-hydrogen) atoms. The van der Waals surface area contributed by atoms with E-state index in [4.69, 9.17) is 0 Å². The van der Waals surface area contributed by atoms with Crippen LogP contribution in [0.1, 0.15) is 0 Å². The second kappa shape index (κ2) is 2.41. The highest BCUT2D eigenvalue weighted by atomic mass is 16.2. The van der Waals surface area contributed by atoms with Crippen molar-refractivity contribution in [1.82, 2.24) is 5.01 Å². The fourth-order valence-corrected chi connectivity index (χ4v) is 1.12. The van der Waals surface area contributed by atoms with E-state index in [0.29, 0.717) is 0 Å². The van der Waals surface area contributed by atoms with Gasteiger partial charge in [-0.3, -0.25) is 5.43 Å². The molecule has 0 saturated carbocycles. The monoisotopic (exact) mass is 163 g/mol. The Kier molecular flexibility index (Phi) is 1.40. The lowest BCUT2D eigenvalue weighted by Crippen LogP contribution is -2.39. The largest absolute Gasteiger partial charge is 0.340 e. The zero-order valence-corrected chi connectivity index (χ0v) is 6.66. The quantitative estimate of drug-likeness (QED) is 0.608. The van der Waals surface area contributed by atoms with Crippen molar-refractivity contribution in [3.8, 4) is 0 Å². The van der Waals surface area contributed by atoms with Crippen LogP contribution in [0.25, 0.3) is 0 Å². The zero-order valence-electron chi connectivity index (χ0n) is 6.66. The molecule has 0 unspecified atom stereocenters. The van der Waals surface area contributed by atoms with E-state index >= 15 is 0 Å². The summed E-state index contributed by atoms with van der Waals surface area (Å²) in [6, 6.07) is 7.41. The highest BCUT2D eigenvalue weighted by Crippen LogP contribution is 2.24. The Morgan fingerprint density at radius 1 is 1.25 bits per heavy atom. The fraction of sp³-hybridized carbons (Fsp3) is 0.125. The number of fused-ring (bicyclic) bond motifs is 1. The van der Waals surface area contributed by atoms with E-state index in [1.807, 2.05) is 24.3 Å². The van der Waals surface area contributed by atoms with Gasteiger partial charge in [0.2, 0.25) is 0 Å². The second-order valence-electron chi connectivity index (χ2n) is 2.65. The third-order valence-corrected chi connectivity index (χ3v) is 1.76. The molecule has 4 nitrogen and oxygen atoms in total. The van der Waals surface area contributed by atoms with E-state index in [9.17, 15) is 4.79 Å². The molecule has 1 aromatic carbocycles. The zero-order chi connectivity index (χ0) is 8.55. The molecule has 1 aromatic rings. The van der Waals surface area contributed by atoms with Crippen LogP contribution < -0.4 is 10.7 Å². The summed E-state index contributed by atoms with van der Waals surface area (Å²) in [6.07, 6.45) is 0. The molecule has 0 spiro atoms. The van der Waals surface area contributed by atoms with Crippen molar-refractivity contribution in [3.63, 3.8) is 0 Å². The van der Waals surface area contributed by atoms with Gasteiger partial charge in [-0.25, -0.2) is 9.80 Å². The maximum absolute atomic E-state index is 11.1. The number of nitrogens with one attached hydrogen (secondary N) is 2. The summed E-state index contributed by atoms with van der Waals surface area (Å²) in [7, 11) is 1.67. The van der Waals surface area contributed by atoms with Gasteiger partial charge in [0.05, 0.1) is 11.4 Å². The van der Waals surface area contributed by atoms with Gasteiger partial charge in [0.15, 0.2) is 0 Å². The van der Waals surface area contributed by atoms with Crippen LogP contribution in [0.5, 0.6) is 0 Å². The first-order chi connectivity index (χ1) is 5.77. The predicted octanol–water partition coefficient (Wildman–Crippen LogP) is 1.49. The lowest BCUT2D eigenvalue weighted by Gasteiger charge is -2.27. The Balaban J connectivity index is 2.40. The third kappa shape index (κ3) is 0.972. The average Bonchev–Trinajstić information content (AvgIpc) is 2.07. The van der Waals surface area contributed by atoms with E-state index < -0.39 is 0 Å². The Morgan fingerprint density at radius 2 is 1.92 bits per heavy atom. The molecule has 62 valence electrons. The van der Waals surface area contributed by atoms with Crippen LogP contribution in [-0.2, 0) is 0 Å². The lowest BCUT2D eigenvalue weighted by atomic mass is 10.2. The summed E-state index contributed by atoms with van der Waals surface area (Å²) >= 11 is 0. The molecule has 4 heteroatoms. The summed E-state index contributed by atoms with van der Waals surface area (Å²) in [5, 5.41) is 4.14. The first-order valence-corrected chi connectivity index (χ1v) is 3.68. The number of amides is 2. The van der Waals surface area contributed by atoms with Crippen LogP contribution in [0, 0.1) is 0 Å². The number of hydrogen-bond donors (Lipinski definition) is 2. The number of benzene rings is 1. The Labute approximate surface area is 70.1 Å². The van der Waals surface area contributed by atoms with Crippen molar-refractivity contribution in [3.05, 3.63) is 24.3 Å². The van der Waals surface area contributed by atoms with Crippen LogP contribution in [0.4, 0.5) is 16.2 Å². The van der Waals surface area contributed by atoms with Crippen molar-refractivity contribution in [2.45, 2.75) is 0 Å². The molecule has 0 fully saturated rings. The molecular formula is C8H9N3O. The molecule has 0 atom stereocenters. The summed E-state index contributed by atoms with van der Waals surface area (Å²) < 4.78 is 0. The van der Waals surface area contributed by atoms with Crippen LogP contribution >= 0.6 is 0 Å². The average molecular weight is 163 g/mol. The van der Waals surface area contributed by atoms with Crippen molar-refractivity contribution in [1.29, 1.82) is 0 Å². The van der Waals surface area contributed by atoms with Crippen LogP contribution in [0.3, 0.4) is 0 Å². The number of carbonyl (C=O) groups excluding carboxylic acids is 1. The molecule has 2 N–H and O–H groups in total. The first kappa shape index (κ1) is 6.97. The SMILES string of the molecule is CN1Nc2ccccc2NC1=O. The maximum Gasteiger partial charge on any atom is 0.340 e. The summed E-state index contributed by atoms with van der Waals surface area (Å²) in [5.74, 6) is 0. The number of hydrogen-bond acceptors (Lipinski definition) is 2. The molecular weight excluding hydrogens is 154 g/mol. The van der Waals surface area contributed by atoms with Gasteiger partial charge in [-0.05, 0) is 12.1 Å². The van der Waals surface area contributed by atoms with Gasteiger partial charge in [0.25, 0.3) is 0 Å². The van der Waals surface area contributed by atoms with Crippen molar-refractivity contribution in [2.75, 3.05) is 17.8 Å². The number of urea groups is 1. The molecule has 2 amide bonds. The van der Waals surface area contributed by atoms with Crippen molar-refractivity contribution >= 4 is 17.4 Å². The van der Waals surface area contributed by atoms with Gasteiger partial charge in [-0.15, -0.1) is 0 Å². The minimum absolute atomic E-state index is 0.145. The van der Waals surface area contributed by atoms with E-state index in [1.165, 1.54) is 5.01 Å². The summed E-state index contributed by atoms with van der Waals surface area (Å²) in [4.78, 5) is 11.1. The van der Waals surface area contributed by atoms with Crippen molar-refractivity contribution < 1.29 is 4.79 Å². The summed E-state index contributed by atoms with van der Waals surface area (Å²) in [6.45, 7) is 0. The molecule has 1 aliphatic heterocycles. The third-order valence-electron chi connectivity index (χ3n) is 1.76. The van der Waals surface area contributed by atoms with E-state index in [0.717, 1.165) is 11.4 Å². The van der Waals surface area contributed by atoms with E-state index in [1.54, 1.807) is 7.05 Å². The van der Waals surface area contributed by atoms with Gasteiger partial charge in [-0.2, -0.15) is 0 Å². The minimum atomic E-state index is -0.145. The fourth-order valence-electron chi connectivity index (χ4n) is 1.12. The number of anilines is 2. The Hall–Kier alpha value is -1.71. The van der Waals surface area contributed by atoms with Gasteiger partial charge in [0, 0.05) is 7.05 Å². The molecule has 0 bridgehead atoms. The van der Waals surface area contributed by atoms with Crippen LogP contribution in [0.2, 0.25) is 0 Å². The lowest BCUT2D eigenvalue weighted by molar-refractivity contribution is 0.229.